The largest absolute Gasteiger partial charge is 0.504 e. The number of carbonyl (C=O) groups is 2. The van der Waals surface area contributed by atoms with Crippen molar-refractivity contribution in [2.75, 3.05) is 7.11 Å². The van der Waals surface area contributed by atoms with Gasteiger partial charge < -0.3 is 20.1 Å². The highest BCUT2D eigenvalue weighted by Gasteiger charge is 2.38. The second-order valence-electron chi connectivity index (χ2n) is 5.73. The molecule has 0 unspecified atom stereocenters. The third kappa shape index (κ3) is 2.12. The molecule has 7 heteroatoms. The number of phenols is 3. The highest BCUT2D eigenvalue weighted by Crippen LogP contribution is 2.50. The number of aromatic hydroxyl groups is 3. The number of benzene rings is 3. The lowest BCUT2D eigenvalue weighted by Crippen LogP contribution is -2.22. The smallest absolute Gasteiger partial charge is 0.205 e. The van der Waals surface area contributed by atoms with Crippen molar-refractivity contribution in [3.05, 3.63) is 58.7 Å². The van der Waals surface area contributed by atoms with Gasteiger partial charge in [-0.1, -0.05) is 24.3 Å². The zero-order chi connectivity index (χ0) is 17.9. The van der Waals surface area contributed by atoms with E-state index in [0.717, 1.165) is 10.8 Å². The summed E-state index contributed by atoms with van der Waals surface area (Å²) in [4.78, 5) is 25.8. The summed E-state index contributed by atoms with van der Waals surface area (Å²) in [6.45, 7) is 0. The molecular weight excluding hydrogens is 360 g/mol. The first-order valence-electron chi connectivity index (χ1n) is 7.42. The van der Waals surface area contributed by atoms with Crippen molar-refractivity contribution in [1.29, 1.82) is 0 Å². The molecule has 26 heavy (non-hydrogen) atoms. The predicted octanol–water partition coefficient (Wildman–Crippen LogP) is 3.16. The first-order valence-corrected chi connectivity index (χ1v) is 7.42. The number of phenolic OH excluding ortho intramolecular Hbond substituents is 3. The van der Waals surface area contributed by atoms with E-state index < -0.39 is 28.8 Å². The second kappa shape index (κ2) is 5.93. The molecule has 3 aromatic carbocycles. The van der Waals surface area contributed by atoms with E-state index in [9.17, 15) is 24.9 Å². The van der Waals surface area contributed by atoms with Crippen molar-refractivity contribution < 1.29 is 29.6 Å². The van der Waals surface area contributed by atoms with Crippen LogP contribution in [-0.4, -0.2) is 34.0 Å². The fourth-order valence-corrected chi connectivity index (χ4v) is 3.21. The van der Waals surface area contributed by atoms with Crippen molar-refractivity contribution in [2.45, 2.75) is 0 Å². The summed E-state index contributed by atoms with van der Waals surface area (Å²) in [5, 5.41) is 31.5. The average Bonchev–Trinajstić information content (AvgIpc) is 2.63. The number of hydrogen-bond donors (Lipinski definition) is 3. The van der Waals surface area contributed by atoms with E-state index >= 15 is 0 Å². The van der Waals surface area contributed by atoms with Gasteiger partial charge in [-0.25, -0.2) is 0 Å². The molecule has 3 aromatic rings. The first-order chi connectivity index (χ1) is 12.0. The maximum atomic E-state index is 13.0. The van der Waals surface area contributed by atoms with Crippen molar-refractivity contribution in [2.24, 2.45) is 0 Å². The molecule has 0 amide bonds. The number of hydrogen-bond acceptors (Lipinski definition) is 6. The Hall–Kier alpha value is -3.25. The van der Waals surface area contributed by atoms with Crippen molar-refractivity contribution in [3.8, 4) is 23.0 Å². The highest BCUT2D eigenvalue weighted by molar-refractivity contribution is 6.31. The molecule has 0 radical (unpaired) electrons. The van der Waals surface area contributed by atoms with Gasteiger partial charge in [0.05, 0.1) is 18.2 Å². The van der Waals surface area contributed by atoms with Gasteiger partial charge in [-0.15, -0.1) is 12.4 Å². The molecule has 6 nitrogen and oxygen atoms in total. The van der Waals surface area contributed by atoms with Crippen molar-refractivity contribution >= 4 is 34.7 Å². The minimum atomic E-state index is -0.902. The standard InChI is InChI=1S/C19H12O6.ClH/c1-25-19-13-12(16(22)17(23)18(19)24)14(20)10-6-8-4-2-3-5-9(8)7-11(10)15(13)21;/h2-7,22-24H,1H3;1H. The van der Waals surface area contributed by atoms with Gasteiger partial charge >= 0.3 is 0 Å². The van der Waals surface area contributed by atoms with Gasteiger partial charge in [-0.3, -0.25) is 9.59 Å². The fourth-order valence-electron chi connectivity index (χ4n) is 3.21. The highest BCUT2D eigenvalue weighted by atomic mass is 35.5. The zero-order valence-corrected chi connectivity index (χ0v) is 14.3. The topological polar surface area (TPSA) is 104 Å². The van der Waals surface area contributed by atoms with E-state index in [1.807, 2.05) is 18.2 Å². The number of fused-ring (bicyclic) bond motifs is 3. The minimum absolute atomic E-state index is 0. The third-order valence-corrected chi connectivity index (χ3v) is 4.41. The molecule has 0 bridgehead atoms. The van der Waals surface area contributed by atoms with Crippen LogP contribution in [0.2, 0.25) is 0 Å². The van der Waals surface area contributed by atoms with Gasteiger partial charge in [0.1, 0.15) is 0 Å². The number of ether oxygens (including phenoxy) is 1. The van der Waals surface area contributed by atoms with Crippen LogP contribution in [0.5, 0.6) is 23.0 Å². The lowest BCUT2D eigenvalue weighted by Gasteiger charge is -2.22. The van der Waals surface area contributed by atoms with Crippen LogP contribution < -0.4 is 4.74 Å². The number of methoxy groups -OCH3 is 1. The van der Waals surface area contributed by atoms with Gasteiger partial charge in [-0.2, -0.15) is 0 Å². The molecule has 1 aliphatic rings. The number of rotatable bonds is 1. The van der Waals surface area contributed by atoms with Crippen LogP contribution in [0, 0.1) is 0 Å². The Morgan fingerprint density at radius 1 is 0.769 bits per heavy atom. The van der Waals surface area contributed by atoms with E-state index in [1.165, 1.54) is 7.11 Å². The lowest BCUT2D eigenvalue weighted by molar-refractivity contribution is 0.0973. The summed E-state index contributed by atoms with van der Waals surface area (Å²) < 4.78 is 5.01. The van der Waals surface area contributed by atoms with Crippen LogP contribution in [0.25, 0.3) is 10.8 Å². The monoisotopic (exact) mass is 372 g/mol. The number of ketones is 2. The average molecular weight is 373 g/mol. The Bertz CT molecular complexity index is 1100. The van der Waals surface area contributed by atoms with Crippen LogP contribution >= 0.6 is 12.4 Å². The first kappa shape index (κ1) is 17.6. The molecule has 3 N–H and O–H groups in total. The molecule has 0 fully saturated rings. The van der Waals surface area contributed by atoms with E-state index in [-0.39, 0.29) is 40.4 Å². The molecule has 0 saturated carbocycles. The Morgan fingerprint density at radius 3 is 1.77 bits per heavy atom. The molecule has 132 valence electrons. The molecule has 0 saturated heterocycles. The van der Waals surface area contributed by atoms with Gasteiger partial charge in [-0.05, 0) is 22.9 Å². The van der Waals surface area contributed by atoms with E-state index in [0.29, 0.717) is 0 Å². The van der Waals surface area contributed by atoms with E-state index in [1.54, 1.807) is 18.2 Å². The summed E-state index contributed by atoms with van der Waals surface area (Å²) in [6, 6.07) is 10.4. The molecule has 0 atom stereocenters. The maximum absolute atomic E-state index is 13.0. The van der Waals surface area contributed by atoms with Gasteiger partial charge in [0.15, 0.2) is 23.1 Å². The van der Waals surface area contributed by atoms with E-state index in [2.05, 4.69) is 0 Å². The maximum Gasteiger partial charge on any atom is 0.205 e. The van der Waals surface area contributed by atoms with Gasteiger partial charge in [0, 0.05) is 11.1 Å². The second-order valence-corrected chi connectivity index (χ2v) is 5.73. The normalized spacial score (nSPS) is 12.3. The Balaban J connectivity index is 0.00000196. The summed E-state index contributed by atoms with van der Waals surface area (Å²) in [5.74, 6) is -4.07. The lowest BCUT2D eigenvalue weighted by atomic mass is 9.81. The molecule has 4 rings (SSSR count). The molecule has 0 spiro atoms. The van der Waals surface area contributed by atoms with E-state index in [4.69, 9.17) is 4.74 Å². The van der Waals surface area contributed by atoms with Crippen LogP contribution in [0.15, 0.2) is 36.4 Å². The molecular formula is C19H13ClO6. The summed E-state index contributed by atoms with van der Waals surface area (Å²) in [5.41, 5.74) is -0.361. The third-order valence-electron chi connectivity index (χ3n) is 4.41. The van der Waals surface area contributed by atoms with Gasteiger partial charge in [0.2, 0.25) is 11.5 Å². The van der Waals surface area contributed by atoms with Crippen molar-refractivity contribution in [1.82, 2.24) is 0 Å². The molecule has 0 heterocycles. The molecule has 0 aromatic heterocycles. The van der Waals surface area contributed by atoms with Crippen LogP contribution in [-0.2, 0) is 0 Å². The van der Waals surface area contributed by atoms with Crippen LogP contribution in [0.3, 0.4) is 0 Å². The minimum Gasteiger partial charge on any atom is -0.504 e. The number of carbonyl (C=O) groups excluding carboxylic acids is 2. The molecule has 1 aliphatic carbocycles. The van der Waals surface area contributed by atoms with Gasteiger partial charge in [0.25, 0.3) is 0 Å². The summed E-state index contributed by atoms with van der Waals surface area (Å²) in [7, 11) is 1.19. The Labute approximate surface area is 153 Å². The Morgan fingerprint density at radius 2 is 1.27 bits per heavy atom. The quantitative estimate of drug-likeness (QED) is 0.443. The zero-order valence-electron chi connectivity index (χ0n) is 13.4. The molecule has 0 aliphatic heterocycles. The Kier molecular flexibility index (Phi) is 4.00. The summed E-state index contributed by atoms with van der Waals surface area (Å²) >= 11 is 0. The predicted molar refractivity (Wildman–Crippen MR) is 96.0 cm³/mol. The van der Waals surface area contributed by atoms with Crippen LogP contribution in [0.1, 0.15) is 31.8 Å². The van der Waals surface area contributed by atoms with Crippen LogP contribution in [0.4, 0.5) is 0 Å². The fraction of sp³-hybridized carbons (Fsp3) is 0.0526. The van der Waals surface area contributed by atoms with Crippen molar-refractivity contribution in [3.63, 3.8) is 0 Å². The summed E-state index contributed by atoms with van der Waals surface area (Å²) in [6.07, 6.45) is 0. The number of halogens is 1. The SMILES string of the molecule is COc1c(O)c(O)c(O)c2c1C(=O)c1cc3ccccc3cc1C2=O.Cl.